The monoisotopic (exact) mass is 221 g/mol. The van der Waals surface area contributed by atoms with Gasteiger partial charge in [0.1, 0.15) is 6.10 Å². The van der Waals surface area contributed by atoms with Crippen molar-refractivity contribution in [2.24, 2.45) is 5.92 Å². The van der Waals surface area contributed by atoms with Crippen molar-refractivity contribution in [3.05, 3.63) is 18.0 Å². The zero-order chi connectivity index (χ0) is 12.0. The molecule has 0 radical (unpaired) electrons. The van der Waals surface area contributed by atoms with Gasteiger partial charge in [0.2, 0.25) is 0 Å². The average Bonchev–Trinajstić information content (AvgIpc) is 2.73. The summed E-state index contributed by atoms with van der Waals surface area (Å²) >= 11 is 0. The number of hydrogen-bond acceptors (Lipinski definition) is 3. The fourth-order valence-electron chi connectivity index (χ4n) is 1.80. The van der Waals surface area contributed by atoms with Crippen molar-refractivity contribution >= 4 is 0 Å². The Balaban J connectivity index is 2.81. The molecular formula is C12H19N3O. The molecule has 0 bridgehead atoms. The topological polar surface area (TPSA) is 61.8 Å². The van der Waals surface area contributed by atoms with Crippen LogP contribution in [0.4, 0.5) is 0 Å². The van der Waals surface area contributed by atoms with E-state index in [-0.39, 0.29) is 5.92 Å². The Kier molecular flexibility index (Phi) is 5.00. The van der Waals surface area contributed by atoms with Gasteiger partial charge < -0.3 is 5.11 Å². The van der Waals surface area contributed by atoms with E-state index in [1.165, 1.54) is 0 Å². The van der Waals surface area contributed by atoms with Gasteiger partial charge in [0.05, 0.1) is 17.7 Å². The Labute approximate surface area is 96.5 Å². The highest BCUT2D eigenvalue weighted by Gasteiger charge is 2.22. The summed E-state index contributed by atoms with van der Waals surface area (Å²) in [5.74, 6) is -0.336. The summed E-state index contributed by atoms with van der Waals surface area (Å²) in [6.07, 6.45) is 3.53. The lowest BCUT2D eigenvalue weighted by Crippen LogP contribution is -2.16. The highest BCUT2D eigenvalue weighted by Crippen LogP contribution is 2.25. The summed E-state index contributed by atoms with van der Waals surface area (Å²) in [7, 11) is 0. The Morgan fingerprint density at radius 3 is 2.81 bits per heavy atom. The third-order valence-corrected chi connectivity index (χ3v) is 2.63. The van der Waals surface area contributed by atoms with Crippen molar-refractivity contribution in [2.45, 2.75) is 45.8 Å². The summed E-state index contributed by atoms with van der Waals surface area (Å²) < 4.78 is 1.78. The second-order valence-electron chi connectivity index (χ2n) is 3.95. The molecule has 0 aliphatic heterocycles. The van der Waals surface area contributed by atoms with Crippen LogP contribution in [0.25, 0.3) is 0 Å². The fourth-order valence-corrected chi connectivity index (χ4v) is 1.80. The molecule has 0 saturated carbocycles. The highest BCUT2D eigenvalue weighted by molar-refractivity contribution is 5.09. The van der Waals surface area contributed by atoms with Gasteiger partial charge in [-0.2, -0.15) is 10.4 Å². The summed E-state index contributed by atoms with van der Waals surface area (Å²) in [5.41, 5.74) is 0.752. The standard InChI is InChI=1S/C12H19N3O/c1-3-5-10(9-13)12(16)11-6-7-14-15(11)8-4-2/h6-7,10,12,16H,3-5,8H2,1-2H3. The predicted octanol–water partition coefficient (Wildman–Crippen LogP) is 2.27. The molecule has 2 atom stereocenters. The summed E-state index contributed by atoms with van der Waals surface area (Å²) in [6.45, 7) is 4.86. The van der Waals surface area contributed by atoms with Crippen LogP contribution in [-0.4, -0.2) is 14.9 Å². The molecular weight excluding hydrogens is 202 g/mol. The van der Waals surface area contributed by atoms with Crippen LogP contribution in [-0.2, 0) is 6.54 Å². The molecule has 0 fully saturated rings. The van der Waals surface area contributed by atoms with Gasteiger partial charge in [0.25, 0.3) is 0 Å². The second-order valence-corrected chi connectivity index (χ2v) is 3.95. The summed E-state index contributed by atoms with van der Waals surface area (Å²) in [5, 5.41) is 23.3. The van der Waals surface area contributed by atoms with E-state index in [0.29, 0.717) is 0 Å². The maximum atomic E-state index is 10.1. The fraction of sp³-hybridized carbons (Fsp3) is 0.667. The quantitative estimate of drug-likeness (QED) is 0.801. The largest absolute Gasteiger partial charge is 0.385 e. The molecule has 0 aromatic carbocycles. The molecule has 1 N–H and O–H groups in total. The molecule has 0 saturated heterocycles. The number of aliphatic hydroxyl groups excluding tert-OH is 1. The van der Waals surface area contributed by atoms with Crippen LogP contribution in [0.5, 0.6) is 0 Å². The van der Waals surface area contributed by atoms with E-state index < -0.39 is 6.10 Å². The number of rotatable bonds is 6. The zero-order valence-corrected chi connectivity index (χ0v) is 9.93. The molecule has 16 heavy (non-hydrogen) atoms. The van der Waals surface area contributed by atoms with Crippen LogP contribution >= 0.6 is 0 Å². The van der Waals surface area contributed by atoms with Gasteiger partial charge in [-0.1, -0.05) is 20.3 Å². The number of aliphatic hydroxyl groups is 1. The van der Waals surface area contributed by atoms with Gasteiger partial charge in [0.15, 0.2) is 0 Å². The van der Waals surface area contributed by atoms with Gasteiger partial charge in [-0.25, -0.2) is 0 Å². The maximum absolute atomic E-state index is 10.1. The Morgan fingerprint density at radius 1 is 1.50 bits per heavy atom. The first-order valence-corrected chi connectivity index (χ1v) is 5.83. The van der Waals surface area contributed by atoms with Gasteiger partial charge >= 0.3 is 0 Å². The van der Waals surface area contributed by atoms with Crippen LogP contribution in [0.3, 0.4) is 0 Å². The van der Waals surface area contributed by atoms with E-state index in [9.17, 15) is 5.11 Å². The van der Waals surface area contributed by atoms with Crippen molar-refractivity contribution < 1.29 is 5.11 Å². The smallest absolute Gasteiger partial charge is 0.111 e. The van der Waals surface area contributed by atoms with Crippen LogP contribution < -0.4 is 0 Å². The molecule has 1 heterocycles. The summed E-state index contributed by atoms with van der Waals surface area (Å²) in [6, 6.07) is 3.96. The molecule has 4 heteroatoms. The van der Waals surface area contributed by atoms with Crippen molar-refractivity contribution in [1.82, 2.24) is 9.78 Å². The van der Waals surface area contributed by atoms with Crippen LogP contribution in [0.1, 0.15) is 44.9 Å². The average molecular weight is 221 g/mol. The van der Waals surface area contributed by atoms with E-state index in [4.69, 9.17) is 5.26 Å². The van der Waals surface area contributed by atoms with E-state index in [2.05, 4.69) is 18.1 Å². The lowest BCUT2D eigenvalue weighted by Gasteiger charge is -2.17. The lowest BCUT2D eigenvalue weighted by atomic mass is 9.96. The second kappa shape index (κ2) is 6.29. The lowest BCUT2D eigenvalue weighted by molar-refractivity contribution is 0.119. The predicted molar refractivity (Wildman–Crippen MR) is 61.5 cm³/mol. The first-order valence-electron chi connectivity index (χ1n) is 5.83. The number of nitriles is 1. The molecule has 0 aliphatic carbocycles. The molecule has 2 unspecified atom stereocenters. The van der Waals surface area contributed by atoms with E-state index >= 15 is 0 Å². The van der Waals surface area contributed by atoms with Gasteiger partial charge in [-0.3, -0.25) is 4.68 Å². The normalized spacial score (nSPS) is 14.4. The van der Waals surface area contributed by atoms with Crippen LogP contribution in [0.2, 0.25) is 0 Å². The minimum Gasteiger partial charge on any atom is -0.385 e. The molecule has 1 aromatic heterocycles. The van der Waals surface area contributed by atoms with Crippen molar-refractivity contribution in [1.29, 1.82) is 5.26 Å². The van der Waals surface area contributed by atoms with Crippen molar-refractivity contribution in [3.8, 4) is 6.07 Å². The van der Waals surface area contributed by atoms with Crippen LogP contribution in [0, 0.1) is 17.2 Å². The maximum Gasteiger partial charge on any atom is 0.111 e. The minimum absolute atomic E-state index is 0.336. The number of aryl methyl sites for hydroxylation is 1. The summed E-state index contributed by atoms with van der Waals surface area (Å²) in [4.78, 5) is 0. The van der Waals surface area contributed by atoms with E-state index in [1.807, 2.05) is 6.92 Å². The van der Waals surface area contributed by atoms with E-state index in [0.717, 1.165) is 31.5 Å². The first kappa shape index (κ1) is 12.7. The van der Waals surface area contributed by atoms with Crippen molar-refractivity contribution in [2.75, 3.05) is 0 Å². The Morgan fingerprint density at radius 2 is 2.25 bits per heavy atom. The Bertz CT molecular complexity index is 353. The van der Waals surface area contributed by atoms with E-state index in [1.54, 1.807) is 16.9 Å². The minimum atomic E-state index is -0.723. The number of nitrogens with zero attached hydrogens (tertiary/aromatic N) is 3. The molecule has 88 valence electrons. The number of aromatic nitrogens is 2. The van der Waals surface area contributed by atoms with Crippen LogP contribution in [0.15, 0.2) is 12.3 Å². The highest BCUT2D eigenvalue weighted by atomic mass is 16.3. The molecule has 0 amide bonds. The first-order chi connectivity index (χ1) is 7.74. The van der Waals surface area contributed by atoms with Gasteiger partial charge in [0, 0.05) is 12.7 Å². The van der Waals surface area contributed by atoms with Gasteiger partial charge in [-0.15, -0.1) is 0 Å². The third kappa shape index (κ3) is 2.83. The molecule has 0 aliphatic rings. The zero-order valence-electron chi connectivity index (χ0n) is 9.93. The van der Waals surface area contributed by atoms with Gasteiger partial charge in [-0.05, 0) is 18.9 Å². The Hall–Kier alpha value is -1.34. The molecule has 4 nitrogen and oxygen atoms in total. The van der Waals surface area contributed by atoms with Crippen molar-refractivity contribution in [3.63, 3.8) is 0 Å². The SMILES string of the molecule is CCCC(C#N)C(O)c1ccnn1CCC. The molecule has 0 spiro atoms. The third-order valence-electron chi connectivity index (χ3n) is 2.63. The number of hydrogen-bond donors (Lipinski definition) is 1. The molecule has 1 rings (SSSR count). The molecule has 1 aromatic rings.